The van der Waals surface area contributed by atoms with Gasteiger partial charge in [-0.3, -0.25) is 4.79 Å². The largest absolute Gasteiger partial charge is 0.465 e. The molecule has 0 bridgehead atoms. The molecule has 3 heteroatoms. The first-order chi connectivity index (χ1) is 7.22. The summed E-state index contributed by atoms with van der Waals surface area (Å²) in [6.45, 7) is 5.00. The van der Waals surface area contributed by atoms with Crippen molar-refractivity contribution in [3.05, 3.63) is 0 Å². The van der Waals surface area contributed by atoms with E-state index in [-0.39, 0.29) is 11.9 Å². The first kappa shape index (κ1) is 14.4. The van der Waals surface area contributed by atoms with Crippen molar-refractivity contribution >= 4 is 5.97 Å². The molecule has 1 unspecified atom stereocenters. The Kier molecular flexibility index (Phi) is 9.59. The summed E-state index contributed by atoms with van der Waals surface area (Å²) in [6.07, 6.45) is 5.88. The zero-order chi connectivity index (χ0) is 11.5. The molecule has 0 radical (unpaired) electrons. The predicted molar refractivity (Wildman–Crippen MR) is 60.8 cm³/mol. The van der Waals surface area contributed by atoms with Crippen LogP contribution < -0.4 is 0 Å². The summed E-state index contributed by atoms with van der Waals surface area (Å²) >= 11 is 0. The van der Waals surface area contributed by atoms with Gasteiger partial charge in [-0.25, -0.2) is 0 Å². The van der Waals surface area contributed by atoms with Crippen molar-refractivity contribution in [2.24, 2.45) is 5.92 Å². The van der Waals surface area contributed by atoms with Gasteiger partial charge in [0.2, 0.25) is 0 Å². The van der Waals surface area contributed by atoms with Crippen molar-refractivity contribution in [3.63, 3.8) is 0 Å². The van der Waals surface area contributed by atoms with Crippen molar-refractivity contribution in [2.45, 2.75) is 46.0 Å². The maximum atomic E-state index is 11.3. The lowest BCUT2D eigenvalue weighted by Crippen LogP contribution is -2.19. The highest BCUT2D eigenvalue weighted by molar-refractivity contribution is 5.72. The van der Waals surface area contributed by atoms with Gasteiger partial charge in [0.1, 0.15) is 0 Å². The van der Waals surface area contributed by atoms with E-state index >= 15 is 0 Å². The smallest absolute Gasteiger partial charge is 0.310 e. The zero-order valence-corrected chi connectivity index (χ0v) is 10.3. The Morgan fingerprint density at radius 2 is 1.87 bits per heavy atom. The lowest BCUT2D eigenvalue weighted by Gasteiger charge is -2.10. The van der Waals surface area contributed by atoms with Crippen molar-refractivity contribution in [1.29, 1.82) is 0 Å². The molecule has 0 aromatic heterocycles. The monoisotopic (exact) mass is 216 g/mol. The van der Waals surface area contributed by atoms with Gasteiger partial charge in [0.25, 0.3) is 0 Å². The molecule has 15 heavy (non-hydrogen) atoms. The highest BCUT2D eigenvalue weighted by Crippen LogP contribution is 2.04. The van der Waals surface area contributed by atoms with Crippen LogP contribution in [-0.4, -0.2) is 26.3 Å². The van der Waals surface area contributed by atoms with Crippen LogP contribution in [0.5, 0.6) is 0 Å². The minimum absolute atomic E-state index is 0.146. The minimum Gasteiger partial charge on any atom is -0.465 e. The third-order valence-electron chi connectivity index (χ3n) is 2.31. The first-order valence-electron chi connectivity index (χ1n) is 5.88. The molecule has 0 spiro atoms. The maximum Gasteiger partial charge on any atom is 0.310 e. The average Bonchev–Trinajstić information content (AvgIpc) is 2.23. The molecular formula is C12H24O3. The Morgan fingerprint density at radius 3 is 2.47 bits per heavy atom. The Labute approximate surface area is 93.1 Å². The van der Waals surface area contributed by atoms with Crippen molar-refractivity contribution < 1.29 is 14.3 Å². The van der Waals surface area contributed by atoms with E-state index in [2.05, 4.69) is 6.92 Å². The molecule has 0 fully saturated rings. The molecule has 3 nitrogen and oxygen atoms in total. The summed E-state index contributed by atoms with van der Waals surface area (Å²) in [5, 5.41) is 0. The number of carbonyl (C=O) groups excluding carboxylic acids is 1. The van der Waals surface area contributed by atoms with Crippen LogP contribution in [0.3, 0.4) is 0 Å². The van der Waals surface area contributed by atoms with Gasteiger partial charge in [-0.05, 0) is 13.3 Å². The Balaban J connectivity index is 3.30. The van der Waals surface area contributed by atoms with E-state index < -0.39 is 0 Å². The SMILES string of the molecule is CCCCCCCOC(=O)C(C)COC. The zero-order valence-electron chi connectivity index (χ0n) is 10.3. The lowest BCUT2D eigenvalue weighted by atomic mass is 10.2. The van der Waals surface area contributed by atoms with Crippen LogP contribution >= 0.6 is 0 Å². The summed E-state index contributed by atoms with van der Waals surface area (Å²) in [6, 6.07) is 0. The molecule has 0 aliphatic heterocycles. The topological polar surface area (TPSA) is 35.5 Å². The van der Waals surface area contributed by atoms with E-state index in [1.165, 1.54) is 19.3 Å². The van der Waals surface area contributed by atoms with E-state index in [1.807, 2.05) is 6.92 Å². The molecule has 0 rings (SSSR count). The van der Waals surface area contributed by atoms with Gasteiger partial charge in [0, 0.05) is 7.11 Å². The normalized spacial score (nSPS) is 12.5. The molecule has 0 amide bonds. The molecule has 90 valence electrons. The molecule has 0 aromatic carbocycles. The van der Waals surface area contributed by atoms with Crippen LogP contribution in [0.15, 0.2) is 0 Å². The van der Waals surface area contributed by atoms with Gasteiger partial charge in [0.15, 0.2) is 0 Å². The number of rotatable bonds is 9. The molecule has 1 atom stereocenters. The molecule has 0 heterocycles. The number of methoxy groups -OCH3 is 1. The van der Waals surface area contributed by atoms with Gasteiger partial charge in [0.05, 0.1) is 19.1 Å². The van der Waals surface area contributed by atoms with Crippen LogP contribution in [0.2, 0.25) is 0 Å². The quantitative estimate of drug-likeness (QED) is 0.439. The third-order valence-corrected chi connectivity index (χ3v) is 2.31. The molecule has 0 saturated carbocycles. The number of ether oxygens (including phenoxy) is 2. The molecule has 0 aliphatic carbocycles. The number of unbranched alkanes of at least 4 members (excludes halogenated alkanes) is 4. The van der Waals surface area contributed by atoms with Crippen LogP contribution in [0.1, 0.15) is 46.0 Å². The van der Waals surface area contributed by atoms with Gasteiger partial charge in [-0.1, -0.05) is 32.6 Å². The van der Waals surface area contributed by atoms with Crippen molar-refractivity contribution in [2.75, 3.05) is 20.3 Å². The number of carbonyl (C=O) groups is 1. The van der Waals surface area contributed by atoms with Gasteiger partial charge in [-0.15, -0.1) is 0 Å². The van der Waals surface area contributed by atoms with Crippen LogP contribution in [-0.2, 0) is 14.3 Å². The Morgan fingerprint density at radius 1 is 1.20 bits per heavy atom. The van der Waals surface area contributed by atoms with Crippen LogP contribution in [0, 0.1) is 5.92 Å². The summed E-state index contributed by atoms with van der Waals surface area (Å²) in [5.74, 6) is -0.294. The summed E-state index contributed by atoms with van der Waals surface area (Å²) in [4.78, 5) is 11.3. The fourth-order valence-corrected chi connectivity index (χ4v) is 1.34. The fourth-order valence-electron chi connectivity index (χ4n) is 1.34. The highest BCUT2D eigenvalue weighted by Gasteiger charge is 2.13. The second-order valence-electron chi connectivity index (χ2n) is 3.94. The summed E-state index contributed by atoms with van der Waals surface area (Å²) in [7, 11) is 1.59. The predicted octanol–water partition coefficient (Wildman–Crippen LogP) is 2.78. The van der Waals surface area contributed by atoms with E-state index in [0.29, 0.717) is 13.2 Å². The number of hydrogen-bond acceptors (Lipinski definition) is 3. The Bertz CT molecular complexity index is 157. The molecule has 0 aliphatic rings. The standard InChI is InChI=1S/C12H24O3/c1-4-5-6-7-8-9-15-12(13)11(2)10-14-3/h11H,4-10H2,1-3H3. The van der Waals surface area contributed by atoms with Gasteiger partial charge >= 0.3 is 5.97 Å². The van der Waals surface area contributed by atoms with Crippen molar-refractivity contribution in [1.82, 2.24) is 0 Å². The van der Waals surface area contributed by atoms with E-state index in [0.717, 1.165) is 12.8 Å². The second kappa shape index (κ2) is 9.97. The summed E-state index contributed by atoms with van der Waals surface area (Å²) < 4.78 is 10.0. The van der Waals surface area contributed by atoms with E-state index in [1.54, 1.807) is 7.11 Å². The summed E-state index contributed by atoms with van der Waals surface area (Å²) in [5.41, 5.74) is 0. The fraction of sp³-hybridized carbons (Fsp3) is 0.917. The average molecular weight is 216 g/mol. The van der Waals surface area contributed by atoms with E-state index in [4.69, 9.17) is 9.47 Å². The maximum absolute atomic E-state index is 11.3. The lowest BCUT2D eigenvalue weighted by molar-refractivity contribution is -0.149. The van der Waals surface area contributed by atoms with Crippen LogP contribution in [0.25, 0.3) is 0 Å². The molecule has 0 aromatic rings. The highest BCUT2D eigenvalue weighted by atomic mass is 16.5. The van der Waals surface area contributed by atoms with Gasteiger partial charge < -0.3 is 9.47 Å². The van der Waals surface area contributed by atoms with Gasteiger partial charge in [-0.2, -0.15) is 0 Å². The number of hydrogen-bond donors (Lipinski definition) is 0. The molecular weight excluding hydrogens is 192 g/mol. The van der Waals surface area contributed by atoms with Crippen molar-refractivity contribution in [3.8, 4) is 0 Å². The first-order valence-corrected chi connectivity index (χ1v) is 5.88. The molecule has 0 saturated heterocycles. The Hall–Kier alpha value is -0.570. The number of esters is 1. The minimum atomic E-state index is -0.148. The molecule has 0 N–H and O–H groups in total. The van der Waals surface area contributed by atoms with E-state index in [9.17, 15) is 4.79 Å². The van der Waals surface area contributed by atoms with Crippen LogP contribution in [0.4, 0.5) is 0 Å². The second-order valence-corrected chi connectivity index (χ2v) is 3.94. The third kappa shape index (κ3) is 8.43.